The van der Waals surface area contributed by atoms with E-state index in [0.717, 1.165) is 0 Å². The first-order valence-corrected chi connectivity index (χ1v) is 4.88. The highest BCUT2D eigenvalue weighted by atomic mass is 35.5. The largest absolute Gasteiger partial charge is 0.449 e. The summed E-state index contributed by atoms with van der Waals surface area (Å²) in [5.41, 5.74) is -0.917. The van der Waals surface area contributed by atoms with Crippen LogP contribution in [0.5, 0.6) is 0 Å². The molecule has 0 N–H and O–H groups in total. The summed E-state index contributed by atoms with van der Waals surface area (Å²) in [6.07, 6.45) is 1.44. The normalized spacial score (nSPS) is 29.3. The first-order chi connectivity index (χ1) is 5.85. The van der Waals surface area contributed by atoms with Gasteiger partial charge in [0.2, 0.25) is 0 Å². The molecule has 0 saturated heterocycles. The van der Waals surface area contributed by atoms with Gasteiger partial charge in [0, 0.05) is 22.9 Å². The molecule has 1 aliphatic carbocycles. The predicted molar refractivity (Wildman–Crippen MR) is 53.2 cm³/mol. The fraction of sp³-hybridized carbons (Fsp3) is 0.625. The zero-order valence-corrected chi connectivity index (χ0v) is 9.45. The van der Waals surface area contributed by atoms with Crippen LogP contribution in [0.2, 0.25) is 0 Å². The van der Waals surface area contributed by atoms with Crippen molar-refractivity contribution < 1.29 is 9.53 Å². The second-order valence-corrected chi connectivity index (χ2v) is 4.90. The number of ether oxygens (including phenoxy) is 1. The smallest absolute Gasteiger partial charge is 0.404 e. The van der Waals surface area contributed by atoms with Crippen molar-refractivity contribution >= 4 is 40.2 Å². The van der Waals surface area contributed by atoms with Gasteiger partial charge in [-0.2, -0.15) is 0 Å². The molecule has 0 spiro atoms. The molecule has 1 fully saturated rings. The quantitative estimate of drug-likeness (QED) is 0.691. The summed E-state index contributed by atoms with van der Waals surface area (Å²) in [6.45, 7) is 3.91. The van der Waals surface area contributed by atoms with Crippen LogP contribution in [0, 0.1) is 11.3 Å². The zero-order valence-electron chi connectivity index (χ0n) is 7.18. The molecule has 5 heteroatoms. The SMILES string of the molecule is CC1(C)[C@H](OC(=O)Cl)[C@@H]1C=C(Cl)Cl. The maximum absolute atomic E-state index is 10.5. The molecule has 0 bridgehead atoms. The molecule has 2 atom stereocenters. The Bertz CT molecular complexity index is 256. The summed E-state index contributed by atoms with van der Waals surface area (Å²) in [5.74, 6) is 0.0557. The van der Waals surface area contributed by atoms with Crippen LogP contribution >= 0.6 is 34.8 Å². The molecule has 0 aromatic carbocycles. The van der Waals surface area contributed by atoms with E-state index in [1.807, 2.05) is 13.8 Å². The molecule has 0 heterocycles. The van der Waals surface area contributed by atoms with E-state index in [2.05, 4.69) is 0 Å². The molecule has 0 amide bonds. The summed E-state index contributed by atoms with van der Waals surface area (Å²) in [7, 11) is 0. The Kier molecular flexibility index (Phi) is 3.16. The Morgan fingerprint density at radius 1 is 1.38 bits per heavy atom. The van der Waals surface area contributed by atoms with Crippen LogP contribution in [0.15, 0.2) is 10.6 Å². The molecule has 0 aromatic heterocycles. The summed E-state index contributed by atoms with van der Waals surface area (Å²) in [5, 5.41) is 0. The summed E-state index contributed by atoms with van der Waals surface area (Å²) in [4.78, 5) is 10.5. The molecule has 0 radical (unpaired) electrons. The third-order valence-electron chi connectivity index (χ3n) is 2.33. The highest BCUT2D eigenvalue weighted by Gasteiger charge is 2.59. The summed E-state index contributed by atoms with van der Waals surface area (Å²) in [6, 6.07) is 0. The van der Waals surface area contributed by atoms with E-state index < -0.39 is 5.43 Å². The number of carbonyl (C=O) groups excluding carboxylic acids is 1. The number of hydrogen-bond donors (Lipinski definition) is 0. The first kappa shape index (κ1) is 11.2. The van der Waals surface area contributed by atoms with Crippen molar-refractivity contribution in [2.75, 3.05) is 0 Å². The molecule has 0 aromatic rings. The van der Waals surface area contributed by atoms with Gasteiger partial charge in [0.15, 0.2) is 0 Å². The van der Waals surface area contributed by atoms with E-state index in [4.69, 9.17) is 39.5 Å². The topological polar surface area (TPSA) is 26.3 Å². The van der Waals surface area contributed by atoms with Gasteiger partial charge in [-0.3, -0.25) is 0 Å². The van der Waals surface area contributed by atoms with Crippen molar-refractivity contribution in [2.24, 2.45) is 11.3 Å². The number of rotatable bonds is 2. The maximum Gasteiger partial charge on any atom is 0.404 e. The van der Waals surface area contributed by atoms with Gasteiger partial charge >= 0.3 is 5.43 Å². The summed E-state index contributed by atoms with van der Waals surface area (Å²) < 4.78 is 5.04. The number of carbonyl (C=O) groups is 1. The average molecular weight is 244 g/mol. The highest BCUT2D eigenvalue weighted by Crippen LogP contribution is 2.55. The lowest BCUT2D eigenvalue weighted by molar-refractivity contribution is 0.150. The van der Waals surface area contributed by atoms with E-state index in [1.165, 1.54) is 0 Å². The van der Waals surface area contributed by atoms with Gasteiger partial charge in [-0.05, 0) is 6.08 Å². The van der Waals surface area contributed by atoms with Gasteiger partial charge in [0.05, 0.1) is 0 Å². The Hall–Kier alpha value is 0.0800. The van der Waals surface area contributed by atoms with Crippen molar-refractivity contribution in [1.82, 2.24) is 0 Å². The fourth-order valence-corrected chi connectivity index (χ4v) is 1.76. The minimum absolute atomic E-state index is 0.0557. The molecule has 0 aliphatic heterocycles. The lowest BCUT2D eigenvalue weighted by Crippen LogP contribution is -2.03. The molecular formula is C8H9Cl3O2. The van der Waals surface area contributed by atoms with E-state index in [0.29, 0.717) is 0 Å². The van der Waals surface area contributed by atoms with Crippen LogP contribution < -0.4 is 0 Å². The molecular weight excluding hydrogens is 234 g/mol. The third kappa shape index (κ3) is 2.52. The third-order valence-corrected chi connectivity index (χ3v) is 2.68. The van der Waals surface area contributed by atoms with Crippen LogP contribution in [0.4, 0.5) is 4.79 Å². The average Bonchev–Trinajstić information content (AvgIpc) is 2.36. The molecule has 74 valence electrons. The van der Waals surface area contributed by atoms with Crippen molar-refractivity contribution in [3.8, 4) is 0 Å². The second kappa shape index (κ2) is 3.68. The highest BCUT2D eigenvalue weighted by molar-refractivity contribution is 6.61. The Balaban J connectivity index is 2.61. The van der Waals surface area contributed by atoms with Gasteiger partial charge in [0.25, 0.3) is 0 Å². The van der Waals surface area contributed by atoms with Gasteiger partial charge in [0.1, 0.15) is 10.6 Å². The van der Waals surface area contributed by atoms with E-state index >= 15 is 0 Å². The van der Waals surface area contributed by atoms with Crippen molar-refractivity contribution in [1.29, 1.82) is 0 Å². The van der Waals surface area contributed by atoms with E-state index in [-0.39, 0.29) is 21.9 Å². The summed E-state index contributed by atoms with van der Waals surface area (Å²) >= 11 is 16.1. The van der Waals surface area contributed by atoms with Crippen LogP contribution in [0.25, 0.3) is 0 Å². The molecule has 1 aliphatic rings. The Labute approximate surface area is 91.8 Å². The van der Waals surface area contributed by atoms with E-state index in [1.54, 1.807) is 6.08 Å². The minimum Gasteiger partial charge on any atom is -0.449 e. The van der Waals surface area contributed by atoms with Gasteiger partial charge in [-0.25, -0.2) is 4.79 Å². The zero-order chi connectivity index (χ0) is 10.2. The molecule has 1 rings (SSSR count). The number of hydrogen-bond acceptors (Lipinski definition) is 2. The molecule has 2 nitrogen and oxygen atoms in total. The Morgan fingerprint density at radius 2 is 1.92 bits per heavy atom. The maximum atomic E-state index is 10.5. The first-order valence-electron chi connectivity index (χ1n) is 3.74. The van der Waals surface area contributed by atoms with Gasteiger partial charge < -0.3 is 4.74 Å². The van der Waals surface area contributed by atoms with Gasteiger partial charge in [-0.1, -0.05) is 37.0 Å². The van der Waals surface area contributed by atoms with Crippen molar-refractivity contribution in [3.63, 3.8) is 0 Å². The van der Waals surface area contributed by atoms with Crippen molar-refractivity contribution in [2.45, 2.75) is 20.0 Å². The van der Waals surface area contributed by atoms with E-state index in [9.17, 15) is 4.79 Å². The molecule has 1 saturated carbocycles. The van der Waals surface area contributed by atoms with Gasteiger partial charge in [-0.15, -0.1) is 0 Å². The fourth-order valence-electron chi connectivity index (χ4n) is 1.39. The number of halogens is 3. The monoisotopic (exact) mass is 242 g/mol. The van der Waals surface area contributed by atoms with Crippen LogP contribution in [-0.4, -0.2) is 11.5 Å². The van der Waals surface area contributed by atoms with Crippen LogP contribution in [0.1, 0.15) is 13.8 Å². The predicted octanol–water partition coefficient (Wildman–Crippen LogP) is 3.71. The van der Waals surface area contributed by atoms with Crippen molar-refractivity contribution in [3.05, 3.63) is 10.6 Å². The molecule has 0 unspecified atom stereocenters. The van der Waals surface area contributed by atoms with Crippen LogP contribution in [0.3, 0.4) is 0 Å². The van der Waals surface area contributed by atoms with Crippen LogP contribution in [-0.2, 0) is 4.74 Å². The lowest BCUT2D eigenvalue weighted by Gasteiger charge is -1.99. The standard InChI is InChI=1S/C8H9Cl3O2/c1-8(2)4(3-5(9)10)6(8)13-7(11)12/h3-4,6H,1-2H3/t4-,6+/m0/s1. The molecule has 13 heavy (non-hydrogen) atoms. The second-order valence-electron chi connectivity index (χ2n) is 3.58. The lowest BCUT2D eigenvalue weighted by atomic mass is 10.1. The minimum atomic E-state index is -0.792. The Morgan fingerprint density at radius 3 is 2.31 bits per heavy atom.